The van der Waals surface area contributed by atoms with Crippen molar-refractivity contribution in [3.63, 3.8) is 0 Å². The van der Waals surface area contributed by atoms with Gasteiger partial charge in [0.25, 0.3) is 5.56 Å². The van der Waals surface area contributed by atoms with Gasteiger partial charge in [0.15, 0.2) is 5.69 Å². The summed E-state index contributed by atoms with van der Waals surface area (Å²) >= 11 is 5.85. The lowest BCUT2D eigenvalue weighted by molar-refractivity contribution is 0.0688. The third-order valence-corrected chi connectivity index (χ3v) is 4.30. The number of carboxylic acids is 1. The van der Waals surface area contributed by atoms with Gasteiger partial charge in [0, 0.05) is 10.6 Å². The highest BCUT2D eigenvalue weighted by Crippen LogP contribution is 2.19. The number of benzene rings is 2. The first-order chi connectivity index (χ1) is 13.9. The normalized spacial score (nSPS) is 10.7. The molecule has 0 saturated heterocycles. The van der Waals surface area contributed by atoms with Crippen molar-refractivity contribution in [2.45, 2.75) is 0 Å². The topological polar surface area (TPSA) is 105 Å². The van der Waals surface area contributed by atoms with E-state index in [9.17, 15) is 20.0 Å². The SMILES string of the molecule is COc1cccc(/C=C\c2c(C(=O)O)nn(-c3ccc(Cl)cc3)c(=O)c2C#N)c1. The Balaban J connectivity index is 2.19. The molecule has 7 nitrogen and oxygen atoms in total. The lowest BCUT2D eigenvalue weighted by Gasteiger charge is -2.10. The molecule has 1 aromatic heterocycles. The van der Waals surface area contributed by atoms with Crippen LogP contribution in [-0.4, -0.2) is 28.0 Å². The Kier molecular flexibility index (Phi) is 5.77. The Hall–Kier alpha value is -3.89. The second kappa shape index (κ2) is 8.42. The van der Waals surface area contributed by atoms with Gasteiger partial charge in [0.2, 0.25) is 0 Å². The van der Waals surface area contributed by atoms with E-state index in [-0.39, 0.29) is 11.1 Å². The fourth-order valence-corrected chi connectivity index (χ4v) is 2.78. The predicted molar refractivity (Wildman–Crippen MR) is 108 cm³/mol. The highest BCUT2D eigenvalue weighted by molar-refractivity contribution is 6.30. The summed E-state index contributed by atoms with van der Waals surface area (Å²) in [7, 11) is 1.53. The van der Waals surface area contributed by atoms with Gasteiger partial charge in [-0.25, -0.2) is 4.79 Å². The van der Waals surface area contributed by atoms with Gasteiger partial charge in [-0.15, -0.1) is 0 Å². The summed E-state index contributed by atoms with van der Waals surface area (Å²) in [5.41, 5.74) is -0.557. The lowest BCUT2D eigenvalue weighted by atomic mass is 10.1. The van der Waals surface area contributed by atoms with Crippen molar-refractivity contribution in [1.29, 1.82) is 5.26 Å². The molecule has 3 rings (SSSR count). The van der Waals surface area contributed by atoms with Crippen LogP contribution in [0.3, 0.4) is 0 Å². The third kappa shape index (κ3) is 4.18. The molecule has 0 spiro atoms. The number of aromatic carboxylic acids is 1. The second-order valence-electron chi connectivity index (χ2n) is 5.86. The van der Waals surface area contributed by atoms with Gasteiger partial charge in [-0.2, -0.15) is 15.0 Å². The number of carboxylic acid groups (broad SMARTS) is 1. The van der Waals surface area contributed by atoms with Crippen LogP contribution in [0.4, 0.5) is 0 Å². The summed E-state index contributed by atoms with van der Waals surface area (Å²) in [4.78, 5) is 24.6. The highest BCUT2D eigenvalue weighted by Gasteiger charge is 2.21. The Morgan fingerprint density at radius 1 is 1.24 bits per heavy atom. The molecule has 0 fully saturated rings. The van der Waals surface area contributed by atoms with E-state index in [1.807, 2.05) is 0 Å². The van der Waals surface area contributed by atoms with E-state index in [0.29, 0.717) is 22.0 Å². The molecule has 3 aromatic rings. The van der Waals surface area contributed by atoms with E-state index in [2.05, 4.69) is 5.10 Å². The zero-order chi connectivity index (χ0) is 21.0. The van der Waals surface area contributed by atoms with E-state index < -0.39 is 17.2 Å². The fourth-order valence-electron chi connectivity index (χ4n) is 2.65. The van der Waals surface area contributed by atoms with Gasteiger partial charge in [-0.05, 0) is 42.0 Å². The first kappa shape index (κ1) is 19.9. The van der Waals surface area contributed by atoms with Crippen LogP contribution in [0.2, 0.25) is 5.02 Å². The monoisotopic (exact) mass is 407 g/mol. The van der Waals surface area contributed by atoms with Gasteiger partial charge >= 0.3 is 5.97 Å². The lowest BCUT2D eigenvalue weighted by Crippen LogP contribution is -2.28. The number of ether oxygens (including phenoxy) is 1. The Morgan fingerprint density at radius 2 is 1.97 bits per heavy atom. The number of nitrogens with zero attached hydrogens (tertiary/aromatic N) is 3. The number of carbonyl (C=O) groups is 1. The van der Waals surface area contributed by atoms with Crippen LogP contribution in [0, 0.1) is 11.3 Å². The van der Waals surface area contributed by atoms with Crippen LogP contribution in [0.5, 0.6) is 5.75 Å². The molecule has 0 atom stereocenters. The quantitative estimate of drug-likeness (QED) is 0.692. The first-order valence-corrected chi connectivity index (χ1v) is 8.71. The van der Waals surface area contributed by atoms with Gasteiger partial charge in [0.1, 0.15) is 17.4 Å². The van der Waals surface area contributed by atoms with E-state index in [1.165, 1.54) is 37.5 Å². The molecule has 0 aliphatic carbocycles. The number of methoxy groups -OCH3 is 1. The minimum Gasteiger partial charge on any atom is -0.497 e. The summed E-state index contributed by atoms with van der Waals surface area (Å²) in [5, 5.41) is 23.6. The summed E-state index contributed by atoms with van der Waals surface area (Å²) in [6.07, 6.45) is 2.97. The molecule has 1 heterocycles. The number of hydrogen-bond acceptors (Lipinski definition) is 5. The molecule has 1 N–H and O–H groups in total. The molecule has 144 valence electrons. The summed E-state index contributed by atoms with van der Waals surface area (Å²) in [6.45, 7) is 0. The Morgan fingerprint density at radius 3 is 2.59 bits per heavy atom. The van der Waals surface area contributed by atoms with Crippen molar-refractivity contribution in [1.82, 2.24) is 9.78 Å². The maximum atomic E-state index is 12.8. The smallest absolute Gasteiger partial charge is 0.357 e. The van der Waals surface area contributed by atoms with Crippen LogP contribution < -0.4 is 10.3 Å². The molecule has 0 radical (unpaired) electrons. The molecule has 0 bridgehead atoms. The maximum absolute atomic E-state index is 12.8. The van der Waals surface area contributed by atoms with Crippen LogP contribution in [-0.2, 0) is 0 Å². The van der Waals surface area contributed by atoms with Crippen molar-refractivity contribution in [2.24, 2.45) is 0 Å². The van der Waals surface area contributed by atoms with Gasteiger partial charge in [0.05, 0.1) is 12.8 Å². The number of halogens is 1. The van der Waals surface area contributed by atoms with Crippen LogP contribution in [0.1, 0.15) is 27.2 Å². The van der Waals surface area contributed by atoms with Gasteiger partial charge in [-0.1, -0.05) is 35.9 Å². The van der Waals surface area contributed by atoms with Crippen LogP contribution >= 0.6 is 11.6 Å². The third-order valence-electron chi connectivity index (χ3n) is 4.05. The molecule has 0 unspecified atom stereocenters. The average molecular weight is 408 g/mol. The number of nitriles is 1. The molecule has 0 aliphatic rings. The summed E-state index contributed by atoms with van der Waals surface area (Å²) < 4.78 is 6.03. The second-order valence-corrected chi connectivity index (χ2v) is 6.29. The van der Waals surface area contributed by atoms with Gasteiger partial charge in [-0.3, -0.25) is 4.79 Å². The molecule has 0 amide bonds. The van der Waals surface area contributed by atoms with Crippen LogP contribution in [0.25, 0.3) is 17.8 Å². The molecule has 2 aromatic carbocycles. The van der Waals surface area contributed by atoms with Crippen molar-refractivity contribution in [2.75, 3.05) is 7.11 Å². The predicted octanol–water partition coefficient (Wildman–Crippen LogP) is 3.63. The van der Waals surface area contributed by atoms with Gasteiger partial charge < -0.3 is 9.84 Å². The Labute approximate surface area is 170 Å². The number of rotatable bonds is 5. The minimum atomic E-state index is -1.37. The van der Waals surface area contributed by atoms with Crippen molar-refractivity contribution in [3.8, 4) is 17.5 Å². The van der Waals surface area contributed by atoms with Crippen LogP contribution in [0.15, 0.2) is 53.3 Å². The zero-order valence-corrected chi connectivity index (χ0v) is 15.9. The van der Waals surface area contributed by atoms with E-state index in [1.54, 1.807) is 36.4 Å². The molecule has 29 heavy (non-hydrogen) atoms. The largest absolute Gasteiger partial charge is 0.497 e. The zero-order valence-electron chi connectivity index (χ0n) is 15.2. The molecular weight excluding hydrogens is 394 g/mol. The van der Waals surface area contributed by atoms with E-state index in [0.717, 1.165) is 4.68 Å². The van der Waals surface area contributed by atoms with E-state index in [4.69, 9.17) is 16.3 Å². The molecule has 0 aliphatic heterocycles. The number of hydrogen-bond donors (Lipinski definition) is 1. The minimum absolute atomic E-state index is 0.0713. The number of aromatic nitrogens is 2. The van der Waals surface area contributed by atoms with Crippen molar-refractivity contribution in [3.05, 3.63) is 86.3 Å². The average Bonchev–Trinajstić information content (AvgIpc) is 2.73. The van der Waals surface area contributed by atoms with E-state index >= 15 is 0 Å². The first-order valence-electron chi connectivity index (χ1n) is 8.33. The highest BCUT2D eigenvalue weighted by atomic mass is 35.5. The summed E-state index contributed by atoms with van der Waals surface area (Å²) in [6, 6.07) is 14.9. The van der Waals surface area contributed by atoms with Crippen molar-refractivity contribution < 1.29 is 14.6 Å². The fraction of sp³-hybridized carbons (Fsp3) is 0.0476. The maximum Gasteiger partial charge on any atom is 0.357 e. The molecule has 8 heteroatoms. The summed E-state index contributed by atoms with van der Waals surface area (Å²) in [5.74, 6) is -0.753. The van der Waals surface area contributed by atoms with Crippen molar-refractivity contribution >= 4 is 29.7 Å². The molecule has 0 saturated carbocycles. The Bertz CT molecular complexity index is 1210. The molecular formula is C21H14ClN3O4. The standard InChI is InChI=1S/C21H14ClN3O4/c1-29-16-4-2-3-13(11-16)5-10-17-18(12-23)20(26)25(24-19(17)21(27)28)15-8-6-14(22)7-9-15/h2-11H,1H3,(H,27,28)/b10-5-.